The summed E-state index contributed by atoms with van der Waals surface area (Å²) in [5.74, 6) is 0. The number of benzene rings is 1. The Hall–Kier alpha value is -1.98. The largest absolute Gasteiger partial charge is 0.358 e. The number of hydrogen-bond acceptors (Lipinski definition) is 4. The molecule has 1 heterocycles. The lowest BCUT2D eigenvalue weighted by Gasteiger charge is -2.07. The Bertz CT molecular complexity index is 552. The van der Waals surface area contributed by atoms with Gasteiger partial charge in [-0.2, -0.15) is 5.10 Å². The maximum Gasteiger partial charge on any atom is 0.268 e. The SMILES string of the molecule is NCCOCn1nc(-c2ccccc2)ccc1=O. The van der Waals surface area contributed by atoms with Crippen molar-refractivity contribution in [1.82, 2.24) is 9.78 Å². The molecule has 2 N–H and O–H groups in total. The third kappa shape index (κ3) is 3.03. The van der Waals surface area contributed by atoms with E-state index >= 15 is 0 Å². The predicted octanol–water partition coefficient (Wildman–Crippen LogP) is 0.843. The minimum absolute atomic E-state index is 0.122. The second-order valence-electron chi connectivity index (χ2n) is 3.75. The number of nitrogens with two attached hydrogens (primary N) is 1. The van der Waals surface area contributed by atoms with Crippen molar-refractivity contribution >= 4 is 0 Å². The topological polar surface area (TPSA) is 70.1 Å². The number of aromatic nitrogens is 2. The predicted molar refractivity (Wildman–Crippen MR) is 68.9 cm³/mol. The molecule has 0 spiro atoms. The van der Waals surface area contributed by atoms with E-state index in [1.807, 2.05) is 30.3 Å². The Morgan fingerprint density at radius 1 is 1.17 bits per heavy atom. The van der Waals surface area contributed by atoms with Crippen LogP contribution >= 0.6 is 0 Å². The van der Waals surface area contributed by atoms with E-state index in [0.29, 0.717) is 13.2 Å². The van der Waals surface area contributed by atoms with Crippen LogP contribution in [0.4, 0.5) is 0 Å². The van der Waals surface area contributed by atoms with E-state index < -0.39 is 0 Å². The summed E-state index contributed by atoms with van der Waals surface area (Å²) in [6.07, 6.45) is 0. The van der Waals surface area contributed by atoms with Crippen molar-refractivity contribution in [2.24, 2.45) is 5.73 Å². The van der Waals surface area contributed by atoms with Crippen LogP contribution in [0.2, 0.25) is 0 Å². The summed E-state index contributed by atoms with van der Waals surface area (Å²) >= 11 is 0. The Labute approximate surface area is 105 Å². The van der Waals surface area contributed by atoms with Gasteiger partial charge in [-0.1, -0.05) is 30.3 Å². The van der Waals surface area contributed by atoms with E-state index in [2.05, 4.69) is 5.10 Å². The summed E-state index contributed by atoms with van der Waals surface area (Å²) < 4.78 is 6.51. The van der Waals surface area contributed by atoms with Gasteiger partial charge in [0.2, 0.25) is 0 Å². The van der Waals surface area contributed by atoms with Crippen LogP contribution in [0.25, 0.3) is 11.3 Å². The van der Waals surface area contributed by atoms with Crippen LogP contribution in [0.3, 0.4) is 0 Å². The average molecular weight is 245 g/mol. The van der Waals surface area contributed by atoms with Gasteiger partial charge >= 0.3 is 0 Å². The van der Waals surface area contributed by atoms with Crippen LogP contribution in [0.1, 0.15) is 0 Å². The molecule has 94 valence electrons. The number of ether oxygens (including phenoxy) is 1. The molecule has 0 aliphatic carbocycles. The molecular weight excluding hydrogens is 230 g/mol. The molecule has 0 atom stereocenters. The molecule has 0 amide bonds. The van der Waals surface area contributed by atoms with Crippen molar-refractivity contribution in [3.8, 4) is 11.3 Å². The molecule has 0 fully saturated rings. The van der Waals surface area contributed by atoms with Crippen LogP contribution in [-0.2, 0) is 11.5 Å². The standard InChI is InChI=1S/C13H15N3O2/c14-8-9-18-10-16-13(17)7-6-12(15-16)11-4-2-1-3-5-11/h1-7H,8-10,14H2. The van der Waals surface area contributed by atoms with Crippen molar-refractivity contribution in [2.75, 3.05) is 13.2 Å². The smallest absolute Gasteiger partial charge is 0.268 e. The molecule has 2 rings (SSSR count). The normalized spacial score (nSPS) is 10.5. The van der Waals surface area contributed by atoms with Crippen LogP contribution < -0.4 is 11.3 Å². The molecule has 2 aromatic rings. The summed E-state index contributed by atoms with van der Waals surface area (Å²) in [5, 5.41) is 4.25. The van der Waals surface area contributed by atoms with E-state index in [1.54, 1.807) is 6.07 Å². The molecule has 0 aliphatic heterocycles. The molecule has 0 saturated carbocycles. The molecule has 5 nitrogen and oxygen atoms in total. The minimum Gasteiger partial charge on any atom is -0.358 e. The summed E-state index contributed by atoms with van der Waals surface area (Å²) in [5.41, 5.74) is 6.84. The summed E-state index contributed by atoms with van der Waals surface area (Å²) in [6.45, 7) is 0.952. The maximum atomic E-state index is 11.6. The lowest BCUT2D eigenvalue weighted by atomic mass is 10.1. The second kappa shape index (κ2) is 6.09. The van der Waals surface area contributed by atoms with Crippen LogP contribution in [-0.4, -0.2) is 22.9 Å². The first-order valence-electron chi connectivity index (χ1n) is 5.72. The lowest BCUT2D eigenvalue weighted by molar-refractivity contribution is 0.0714. The average Bonchev–Trinajstić information content (AvgIpc) is 2.42. The quantitative estimate of drug-likeness (QED) is 0.792. The van der Waals surface area contributed by atoms with Gasteiger partial charge in [0.15, 0.2) is 0 Å². The summed E-state index contributed by atoms with van der Waals surface area (Å²) in [4.78, 5) is 11.6. The van der Waals surface area contributed by atoms with Gasteiger partial charge in [0.25, 0.3) is 5.56 Å². The van der Waals surface area contributed by atoms with Gasteiger partial charge in [0.05, 0.1) is 12.3 Å². The summed E-state index contributed by atoms with van der Waals surface area (Å²) in [7, 11) is 0. The highest BCUT2D eigenvalue weighted by Gasteiger charge is 2.02. The number of nitrogens with zero attached hydrogens (tertiary/aromatic N) is 2. The third-order valence-electron chi connectivity index (χ3n) is 2.41. The zero-order valence-corrected chi connectivity index (χ0v) is 9.95. The van der Waals surface area contributed by atoms with E-state index in [4.69, 9.17) is 10.5 Å². The fourth-order valence-corrected chi connectivity index (χ4v) is 1.54. The Balaban J connectivity index is 2.24. The van der Waals surface area contributed by atoms with E-state index in [0.717, 1.165) is 11.3 Å². The van der Waals surface area contributed by atoms with Gasteiger partial charge in [-0.15, -0.1) is 0 Å². The molecule has 0 aliphatic rings. The Morgan fingerprint density at radius 3 is 2.67 bits per heavy atom. The molecule has 0 radical (unpaired) electrons. The minimum atomic E-state index is -0.188. The lowest BCUT2D eigenvalue weighted by Crippen LogP contribution is -2.24. The van der Waals surface area contributed by atoms with Crippen molar-refractivity contribution in [3.63, 3.8) is 0 Å². The number of rotatable bonds is 5. The molecule has 1 aromatic heterocycles. The van der Waals surface area contributed by atoms with E-state index in [-0.39, 0.29) is 12.3 Å². The van der Waals surface area contributed by atoms with Crippen molar-refractivity contribution in [1.29, 1.82) is 0 Å². The van der Waals surface area contributed by atoms with E-state index in [1.165, 1.54) is 10.7 Å². The molecule has 0 saturated heterocycles. The van der Waals surface area contributed by atoms with Crippen LogP contribution in [0.15, 0.2) is 47.3 Å². The Morgan fingerprint density at radius 2 is 1.94 bits per heavy atom. The fraction of sp³-hybridized carbons (Fsp3) is 0.231. The van der Waals surface area contributed by atoms with Crippen LogP contribution in [0, 0.1) is 0 Å². The van der Waals surface area contributed by atoms with Crippen molar-refractivity contribution in [2.45, 2.75) is 6.73 Å². The molecule has 0 bridgehead atoms. The highest BCUT2D eigenvalue weighted by Crippen LogP contribution is 2.13. The summed E-state index contributed by atoms with van der Waals surface area (Å²) in [6, 6.07) is 12.9. The zero-order chi connectivity index (χ0) is 12.8. The molecule has 0 unspecified atom stereocenters. The van der Waals surface area contributed by atoms with Crippen molar-refractivity contribution in [3.05, 3.63) is 52.8 Å². The molecular formula is C13H15N3O2. The van der Waals surface area contributed by atoms with Crippen molar-refractivity contribution < 1.29 is 4.74 Å². The first kappa shape index (κ1) is 12.5. The van der Waals surface area contributed by atoms with Gasteiger partial charge < -0.3 is 10.5 Å². The monoisotopic (exact) mass is 245 g/mol. The first-order chi connectivity index (χ1) is 8.81. The van der Waals surface area contributed by atoms with Gasteiger partial charge in [-0.3, -0.25) is 4.79 Å². The van der Waals surface area contributed by atoms with Gasteiger partial charge in [-0.05, 0) is 6.07 Å². The molecule has 18 heavy (non-hydrogen) atoms. The second-order valence-corrected chi connectivity index (χ2v) is 3.75. The van der Waals surface area contributed by atoms with Gasteiger partial charge in [-0.25, -0.2) is 4.68 Å². The highest BCUT2D eigenvalue weighted by molar-refractivity contribution is 5.57. The Kier molecular flexibility index (Phi) is 4.22. The number of hydrogen-bond donors (Lipinski definition) is 1. The first-order valence-corrected chi connectivity index (χ1v) is 5.72. The third-order valence-corrected chi connectivity index (χ3v) is 2.41. The maximum absolute atomic E-state index is 11.6. The van der Waals surface area contributed by atoms with Gasteiger partial charge in [0.1, 0.15) is 6.73 Å². The zero-order valence-electron chi connectivity index (χ0n) is 9.95. The van der Waals surface area contributed by atoms with Gasteiger partial charge in [0, 0.05) is 18.2 Å². The molecule has 5 heteroatoms. The van der Waals surface area contributed by atoms with Crippen LogP contribution in [0.5, 0.6) is 0 Å². The fourth-order valence-electron chi connectivity index (χ4n) is 1.54. The highest BCUT2D eigenvalue weighted by atomic mass is 16.5. The van der Waals surface area contributed by atoms with E-state index in [9.17, 15) is 4.79 Å². The molecule has 1 aromatic carbocycles.